The summed E-state index contributed by atoms with van der Waals surface area (Å²) in [6.07, 6.45) is 1.95. The lowest BCUT2D eigenvalue weighted by Gasteiger charge is -2.61. The third-order valence-corrected chi connectivity index (χ3v) is 8.29. The first-order valence-electron chi connectivity index (χ1n) is 11.6. The summed E-state index contributed by atoms with van der Waals surface area (Å²) in [5.74, 6) is -1.10. The Labute approximate surface area is 191 Å². The second-order valence-corrected chi connectivity index (χ2v) is 10.5. The molecule has 1 unspecified atom stereocenters. The molecule has 0 amide bonds. The molecule has 2 aromatic carbocycles. The van der Waals surface area contributed by atoms with Crippen LogP contribution in [0.2, 0.25) is 0 Å². The third kappa shape index (κ3) is 3.73. The van der Waals surface area contributed by atoms with E-state index >= 15 is 0 Å². The van der Waals surface area contributed by atoms with Gasteiger partial charge in [0.1, 0.15) is 11.6 Å². The average molecular weight is 443 g/mol. The Kier molecular flexibility index (Phi) is 6.10. The summed E-state index contributed by atoms with van der Waals surface area (Å²) in [6, 6.07) is 11.1. The fraction of sp³-hybridized carbons (Fsp3) is 0.556. The molecule has 2 bridgehead atoms. The minimum absolute atomic E-state index is 0.00752. The van der Waals surface area contributed by atoms with Gasteiger partial charge in [-0.3, -0.25) is 4.90 Å². The highest BCUT2D eigenvalue weighted by Gasteiger charge is 2.56. The van der Waals surface area contributed by atoms with E-state index in [-0.39, 0.29) is 29.1 Å². The van der Waals surface area contributed by atoms with E-state index in [2.05, 4.69) is 62.9 Å². The SMILES string of the molecule is CC(CN1CC[C@@]2(C)c3cccc(N(C)C)c3C[C@@H]1C2(C)C)OCc1c(F)cccc1F. The van der Waals surface area contributed by atoms with Crippen molar-refractivity contribution in [3.8, 4) is 0 Å². The summed E-state index contributed by atoms with van der Waals surface area (Å²) in [6.45, 7) is 10.9. The number of benzene rings is 2. The molecule has 1 aliphatic heterocycles. The number of ether oxygens (including phenoxy) is 1. The zero-order chi connectivity index (χ0) is 23.3. The van der Waals surface area contributed by atoms with Gasteiger partial charge in [-0.25, -0.2) is 8.78 Å². The van der Waals surface area contributed by atoms with Gasteiger partial charge in [-0.05, 0) is 61.1 Å². The van der Waals surface area contributed by atoms with E-state index in [0.717, 1.165) is 25.9 Å². The molecule has 3 atom stereocenters. The number of fused-ring (bicyclic) bond motifs is 4. The van der Waals surface area contributed by atoms with Crippen molar-refractivity contribution in [3.63, 3.8) is 0 Å². The van der Waals surface area contributed by atoms with Gasteiger partial charge in [-0.1, -0.05) is 39.0 Å². The molecule has 1 aliphatic carbocycles. The number of piperidine rings is 1. The van der Waals surface area contributed by atoms with E-state index < -0.39 is 11.6 Å². The molecule has 0 saturated carbocycles. The molecular weight excluding hydrogens is 406 g/mol. The molecule has 5 heteroatoms. The third-order valence-electron chi connectivity index (χ3n) is 8.29. The van der Waals surface area contributed by atoms with Crippen molar-refractivity contribution in [1.29, 1.82) is 0 Å². The van der Waals surface area contributed by atoms with Crippen LogP contribution in [-0.2, 0) is 23.2 Å². The van der Waals surface area contributed by atoms with Gasteiger partial charge in [0, 0.05) is 43.3 Å². The number of anilines is 1. The van der Waals surface area contributed by atoms with Crippen LogP contribution in [0, 0.1) is 17.0 Å². The van der Waals surface area contributed by atoms with Gasteiger partial charge in [0.05, 0.1) is 12.7 Å². The topological polar surface area (TPSA) is 15.7 Å². The summed E-state index contributed by atoms with van der Waals surface area (Å²) in [5, 5.41) is 0. The lowest BCUT2D eigenvalue weighted by atomic mass is 9.51. The van der Waals surface area contributed by atoms with Crippen molar-refractivity contribution in [2.24, 2.45) is 5.41 Å². The van der Waals surface area contributed by atoms with Crippen LogP contribution in [0.3, 0.4) is 0 Å². The van der Waals surface area contributed by atoms with E-state index in [1.165, 1.54) is 35.0 Å². The molecule has 0 N–H and O–H groups in total. The van der Waals surface area contributed by atoms with Crippen LogP contribution in [0.4, 0.5) is 14.5 Å². The standard InChI is InChI=1S/C27H36F2N2O/c1-18(32-17-20-22(28)10-8-11-23(20)29)16-31-14-13-27(4)21-9-7-12-24(30(5)6)19(21)15-25(31)26(27,2)3/h7-12,18,25H,13-17H2,1-6H3/t18?,25-,27+/m1/s1. The zero-order valence-corrected chi connectivity index (χ0v) is 20.2. The van der Waals surface area contributed by atoms with E-state index in [1.807, 2.05) is 6.92 Å². The van der Waals surface area contributed by atoms with Crippen LogP contribution in [0.15, 0.2) is 36.4 Å². The van der Waals surface area contributed by atoms with E-state index in [4.69, 9.17) is 4.74 Å². The minimum Gasteiger partial charge on any atom is -0.377 e. The van der Waals surface area contributed by atoms with Crippen molar-refractivity contribution >= 4 is 5.69 Å². The Morgan fingerprint density at radius 1 is 1.09 bits per heavy atom. The number of halogens is 2. The molecule has 2 aromatic rings. The van der Waals surface area contributed by atoms with Crippen LogP contribution in [0.1, 0.15) is 50.8 Å². The Hall–Kier alpha value is -1.98. The molecule has 4 rings (SSSR count). The van der Waals surface area contributed by atoms with Gasteiger partial charge >= 0.3 is 0 Å². The van der Waals surface area contributed by atoms with Crippen LogP contribution < -0.4 is 4.90 Å². The fourth-order valence-electron chi connectivity index (χ4n) is 5.95. The van der Waals surface area contributed by atoms with Crippen LogP contribution in [0.25, 0.3) is 0 Å². The van der Waals surface area contributed by atoms with Crippen molar-refractivity contribution in [1.82, 2.24) is 4.90 Å². The highest BCUT2D eigenvalue weighted by molar-refractivity contribution is 5.60. The summed E-state index contributed by atoms with van der Waals surface area (Å²) in [7, 11) is 4.23. The second-order valence-electron chi connectivity index (χ2n) is 10.5. The van der Waals surface area contributed by atoms with Gasteiger partial charge in [-0.2, -0.15) is 0 Å². The number of nitrogens with zero attached hydrogens (tertiary/aromatic N) is 2. The average Bonchev–Trinajstić information content (AvgIpc) is 2.72. The quantitative estimate of drug-likeness (QED) is 0.583. The molecule has 1 heterocycles. The van der Waals surface area contributed by atoms with Gasteiger partial charge in [0.15, 0.2) is 0 Å². The van der Waals surface area contributed by atoms with Crippen LogP contribution in [0.5, 0.6) is 0 Å². The predicted octanol–water partition coefficient (Wildman–Crippen LogP) is 5.55. The molecule has 0 spiro atoms. The first kappa shape index (κ1) is 23.2. The fourth-order valence-corrected chi connectivity index (χ4v) is 5.95. The van der Waals surface area contributed by atoms with E-state index in [0.29, 0.717) is 6.04 Å². The monoisotopic (exact) mass is 442 g/mol. The lowest BCUT2D eigenvalue weighted by Crippen LogP contribution is -2.64. The van der Waals surface area contributed by atoms with Gasteiger partial charge < -0.3 is 9.64 Å². The van der Waals surface area contributed by atoms with Crippen molar-refractivity contribution in [2.45, 2.75) is 64.7 Å². The highest BCUT2D eigenvalue weighted by Crippen LogP contribution is 2.57. The van der Waals surface area contributed by atoms with Gasteiger partial charge in [-0.15, -0.1) is 0 Å². The normalized spacial score (nSPS) is 25.3. The molecule has 174 valence electrons. The summed E-state index contributed by atoms with van der Waals surface area (Å²) in [5.41, 5.74) is 4.46. The summed E-state index contributed by atoms with van der Waals surface area (Å²) < 4.78 is 33.9. The Balaban J connectivity index is 1.54. The number of hydrogen-bond donors (Lipinski definition) is 0. The first-order valence-corrected chi connectivity index (χ1v) is 11.6. The smallest absolute Gasteiger partial charge is 0.131 e. The summed E-state index contributed by atoms with van der Waals surface area (Å²) >= 11 is 0. The van der Waals surface area contributed by atoms with Crippen molar-refractivity contribution in [3.05, 3.63) is 64.7 Å². The molecule has 0 radical (unpaired) electrons. The molecule has 1 fully saturated rings. The molecule has 0 aromatic heterocycles. The minimum atomic E-state index is -0.549. The molecular formula is C27H36F2N2O. The molecule has 1 saturated heterocycles. The maximum absolute atomic E-state index is 14.0. The van der Waals surface area contributed by atoms with Gasteiger partial charge in [0.2, 0.25) is 0 Å². The molecule has 32 heavy (non-hydrogen) atoms. The zero-order valence-electron chi connectivity index (χ0n) is 20.2. The van der Waals surface area contributed by atoms with Crippen LogP contribution in [-0.4, -0.2) is 44.2 Å². The predicted molar refractivity (Wildman–Crippen MR) is 126 cm³/mol. The first-order chi connectivity index (χ1) is 15.1. The second kappa shape index (κ2) is 8.42. The Morgan fingerprint density at radius 2 is 1.75 bits per heavy atom. The lowest BCUT2D eigenvalue weighted by molar-refractivity contribution is -0.0651. The largest absolute Gasteiger partial charge is 0.377 e. The summed E-state index contributed by atoms with van der Waals surface area (Å²) in [4.78, 5) is 4.76. The molecule has 3 nitrogen and oxygen atoms in total. The molecule has 2 aliphatic rings. The number of rotatable bonds is 6. The maximum atomic E-state index is 14.0. The van der Waals surface area contributed by atoms with E-state index in [9.17, 15) is 8.78 Å². The number of hydrogen-bond acceptors (Lipinski definition) is 3. The number of likely N-dealkylation sites (tertiary alicyclic amines) is 1. The maximum Gasteiger partial charge on any atom is 0.131 e. The van der Waals surface area contributed by atoms with Crippen molar-refractivity contribution < 1.29 is 13.5 Å². The Morgan fingerprint density at radius 3 is 2.41 bits per heavy atom. The highest BCUT2D eigenvalue weighted by atomic mass is 19.1. The Bertz CT molecular complexity index is 969. The van der Waals surface area contributed by atoms with Crippen LogP contribution >= 0.6 is 0 Å². The van der Waals surface area contributed by atoms with E-state index in [1.54, 1.807) is 0 Å². The van der Waals surface area contributed by atoms with Gasteiger partial charge in [0.25, 0.3) is 0 Å². The van der Waals surface area contributed by atoms with Crippen molar-refractivity contribution in [2.75, 3.05) is 32.1 Å².